The minimum absolute atomic E-state index is 0.174. The summed E-state index contributed by atoms with van der Waals surface area (Å²) in [5.74, 6) is 1.25. The lowest BCUT2D eigenvalue weighted by molar-refractivity contribution is 0.0210. The van der Waals surface area contributed by atoms with Gasteiger partial charge in [0.1, 0.15) is 21.8 Å². The number of hydrogen-bond acceptors (Lipinski definition) is 11. The summed E-state index contributed by atoms with van der Waals surface area (Å²) in [5.41, 5.74) is 1.26. The lowest BCUT2D eigenvalue weighted by atomic mass is 10.1. The van der Waals surface area contributed by atoms with Crippen LogP contribution in [0.1, 0.15) is 46.2 Å². The first-order valence-electron chi connectivity index (χ1n) is 12.8. The molecule has 0 aromatic carbocycles. The first-order chi connectivity index (χ1) is 18.1. The molecule has 11 nitrogen and oxygen atoms in total. The number of carbonyl (C=O) groups is 1. The topological polar surface area (TPSA) is 118 Å². The Morgan fingerprint density at radius 3 is 2.53 bits per heavy atom. The molecule has 12 heteroatoms. The summed E-state index contributed by atoms with van der Waals surface area (Å²) < 4.78 is 10.0. The highest BCUT2D eigenvalue weighted by molar-refractivity contribution is 7.21. The Bertz CT molecular complexity index is 1140. The molecule has 1 saturated heterocycles. The zero-order chi connectivity index (χ0) is 27.7. The third kappa shape index (κ3) is 9.34. The van der Waals surface area contributed by atoms with Crippen molar-refractivity contribution in [1.82, 2.24) is 29.7 Å². The Labute approximate surface area is 229 Å². The fourth-order valence-electron chi connectivity index (χ4n) is 3.68. The number of carbonyl (C=O) groups excluding carboxylic acids is 1. The van der Waals surface area contributed by atoms with Crippen LogP contribution in [0.4, 0.5) is 21.7 Å². The molecule has 0 bridgehead atoms. The van der Waals surface area contributed by atoms with Crippen molar-refractivity contribution < 1.29 is 14.3 Å². The van der Waals surface area contributed by atoms with E-state index in [0.29, 0.717) is 31.4 Å². The predicted molar refractivity (Wildman–Crippen MR) is 152 cm³/mol. The number of aromatic nitrogens is 4. The fourth-order valence-corrected chi connectivity index (χ4v) is 4.49. The Hall–Kier alpha value is -3.09. The smallest absolute Gasteiger partial charge is 0.410 e. The molecule has 1 fully saturated rings. The lowest BCUT2D eigenvalue weighted by Crippen LogP contribution is -2.44. The van der Waals surface area contributed by atoms with Crippen LogP contribution in [0.3, 0.4) is 0 Å². The van der Waals surface area contributed by atoms with Gasteiger partial charge in [-0.3, -0.25) is 0 Å². The van der Waals surface area contributed by atoms with E-state index in [9.17, 15) is 4.79 Å². The molecule has 1 amide bonds. The van der Waals surface area contributed by atoms with Crippen LogP contribution >= 0.6 is 11.3 Å². The molecule has 3 aromatic rings. The number of hydrogen-bond donors (Lipinski definition) is 2. The Morgan fingerprint density at radius 2 is 1.92 bits per heavy atom. The van der Waals surface area contributed by atoms with E-state index in [2.05, 4.69) is 30.2 Å². The number of amides is 1. The van der Waals surface area contributed by atoms with Crippen molar-refractivity contribution >= 4 is 44.7 Å². The number of ether oxygens (including phenoxy) is 2. The molecule has 0 radical (unpaired) electrons. The molecular formula is C26H40N8O3S. The number of rotatable bonds is 7. The average Bonchev–Trinajstić information content (AvgIpc) is 3.25. The molecule has 38 heavy (non-hydrogen) atoms. The van der Waals surface area contributed by atoms with Crippen molar-refractivity contribution in [2.45, 2.75) is 58.7 Å². The van der Waals surface area contributed by atoms with Crippen molar-refractivity contribution in [1.29, 1.82) is 0 Å². The quantitative estimate of drug-likeness (QED) is 0.431. The number of likely N-dealkylation sites (tertiary alicyclic amines) is 1. The van der Waals surface area contributed by atoms with Crippen LogP contribution in [0, 0.1) is 0 Å². The van der Waals surface area contributed by atoms with Crippen LogP contribution < -0.4 is 10.6 Å². The molecule has 3 aromatic heterocycles. The van der Waals surface area contributed by atoms with E-state index in [0.717, 1.165) is 40.6 Å². The number of nitrogens with one attached hydrogen (secondary N) is 2. The second-order valence-corrected chi connectivity index (χ2v) is 11.2. The molecule has 0 atom stereocenters. The highest BCUT2D eigenvalue weighted by Gasteiger charge is 2.27. The van der Waals surface area contributed by atoms with Gasteiger partial charge >= 0.3 is 6.09 Å². The van der Waals surface area contributed by atoms with Gasteiger partial charge in [0.2, 0.25) is 5.95 Å². The van der Waals surface area contributed by atoms with E-state index in [4.69, 9.17) is 14.7 Å². The van der Waals surface area contributed by atoms with Crippen LogP contribution in [-0.4, -0.2) is 88.4 Å². The fraction of sp³-hybridized carbons (Fsp3) is 0.577. The molecule has 4 rings (SSSR count). The van der Waals surface area contributed by atoms with Crippen molar-refractivity contribution in [3.63, 3.8) is 0 Å². The van der Waals surface area contributed by atoms with E-state index < -0.39 is 5.60 Å². The summed E-state index contributed by atoms with van der Waals surface area (Å²) in [4.78, 5) is 35.4. The molecular weight excluding hydrogens is 504 g/mol. The second-order valence-electron chi connectivity index (χ2n) is 10.2. The summed E-state index contributed by atoms with van der Waals surface area (Å²) in [6.07, 6.45) is 3.10. The van der Waals surface area contributed by atoms with E-state index in [1.54, 1.807) is 18.2 Å². The number of nitrogens with zero attached hydrogens (tertiary/aromatic N) is 6. The van der Waals surface area contributed by atoms with Gasteiger partial charge in [0.25, 0.3) is 0 Å². The Morgan fingerprint density at radius 1 is 1.21 bits per heavy atom. The summed E-state index contributed by atoms with van der Waals surface area (Å²) >= 11 is 1.49. The number of fused-ring (bicyclic) bond motifs is 1. The number of piperidine rings is 1. The van der Waals surface area contributed by atoms with Crippen LogP contribution in [0.25, 0.3) is 10.3 Å². The predicted octanol–water partition coefficient (Wildman–Crippen LogP) is 4.75. The molecule has 0 saturated carbocycles. The van der Waals surface area contributed by atoms with Crippen molar-refractivity contribution in [3.8, 4) is 0 Å². The largest absolute Gasteiger partial charge is 0.444 e. The first kappa shape index (κ1) is 29.5. The van der Waals surface area contributed by atoms with E-state index >= 15 is 0 Å². The van der Waals surface area contributed by atoms with Gasteiger partial charge in [0, 0.05) is 51.7 Å². The van der Waals surface area contributed by atoms with Gasteiger partial charge in [-0.2, -0.15) is 4.98 Å². The molecule has 208 valence electrons. The van der Waals surface area contributed by atoms with Crippen molar-refractivity contribution in [2.24, 2.45) is 0 Å². The molecule has 0 unspecified atom stereocenters. The summed E-state index contributed by atoms with van der Waals surface area (Å²) in [7, 11) is 5.70. The van der Waals surface area contributed by atoms with Crippen LogP contribution in [-0.2, 0) is 16.0 Å². The van der Waals surface area contributed by atoms with Gasteiger partial charge in [-0.05, 0) is 66.8 Å². The van der Waals surface area contributed by atoms with Crippen LogP contribution in [0.2, 0.25) is 0 Å². The van der Waals surface area contributed by atoms with Gasteiger partial charge in [-0.15, -0.1) is 0 Å². The monoisotopic (exact) mass is 544 g/mol. The normalized spacial score (nSPS) is 14.3. The highest BCUT2D eigenvalue weighted by atomic mass is 32.1. The van der Waals surface area contributed by atoms with Gasteiger partial charge in [0.15, 0.2) is 5.13 Å². The molecule has 1 aliphatic rings. The minimum atomic E-state index is -0.490. The summed E-state index contributed by atoms with van der Waals surface area (Å²) in [6, 6.07) is 5.93. The second kappa shape index (κ2) is 13.6. The average molecular weight is 545 g/mol. The Kier molecular flexibility index (Phi) is 10.6. The summed E-state index contributed by atoms with van der Waals surface area (Å²) in [5, 5.41) is 7.52. The van der Waals surface area contributed by atoms with Crippen molar-refractivity contribution in [2.75, 3.05) is 51.5 Å². The molecule has 4 heterocycles. The number of pyridine rings is 1. The van der Waals surface area contributed by atoms with Crippen LogP contribution in [0.15, 0.2) is 24.4 Å². The maximum absolute atomic E-state index is 12.3. The SMILES string of the molecule is CCOC.CN(C)Cc1cc(Nc2nc3cccnc3s2)nc(NC2CCN(C(=O)OC(C)(C)C)CC2)n1. The maximum Gasteiger partial charge on any atom is 0.410 e. The molecule has 1 aliphatic heterocycles. The molecule has 0 aliphatic carbocycles. The summed E-state index contributed by atoms with van der Waals surface area (Å²) in [6.45, 7) is 10.4. The zero-order valence-corrected chi connectivity index (χ0v) is 24.3. The molecule has 0 spiro atoms. The van der Waals surface area contributed by atoms with Gasteiger partial charge in [-0.1, -0.05) is 11.3 Å². The van der Waals surface area contributed by atoms with Gasteiger partial charge in [0.05, 0.1) is 5.69 Å². The van der Waals surface area contributed by atoms with E-state index in [1.165, 1.54) is 11.3 Å². The highest BCUT2D eigenvalue weighted by Crippen LogP contribution is 2.27. The number of methoxy groups -OCH3 is 1. The maximum atomic E-state index is 12.3. The third-order valence-electron chi connectivity index (χ3n) is 5.43. The molecule has 2 N–H and O–H groups in total. The van der Waals surface area contributed by atoms with Gasteiger partial charge < -0.3 is 29.9 Å². The standard InChI is InChI=1S/C23H32N8O2S.C3H8O/c1-23(2,3)33-22(32)31-11-8-15(9-12-31)25-20-26-16(14-30(4)5)13-18(28-20)29-21-27-17-7-6-10-24-19(17)34-21;1-3-4-2/h6-7,10,13,15H,8-9,11-12,14H2,1-5H3,(H2,25,26,27,28,29);3H2,1-2H3. The first-order valence-corrected chi connectivity index (χ1v) is 13.6. The minimum Gasteiger partial charge on any atom is -0.444 e. The lowest BCUT2D eigenvalue weighted by Gasteiger charge is -2.33. The van der Waals surface area contributed by atoms with Crippen molar-refractivity contribution in [3.05, 3.63) is 30.1 Å². The van der Waals surface area contributed by atoms with Crippen LogP contribution in [0.5, 0.6) is 0 Å². The zero-order valence-electron chi connectivity index (χ0n) is 23.4. The number of thiazole rings is 1. The van der Waals surface area contributed by atoms with Gasteiger partial charge in [-0.25, -0.2) is 19.7 Å². The third-order valence-corrected chi connectivity index (χ3v) is 6.32. The Balaban J connectivity index is 0.000000934. The van der Waals surface area contributed by atoms with E-state index in [1.807, 2.05) is 60.0 Å². The number of anilines is 3. The van der Waals surface area contributed by atoms with E-state index in [-0.39, 0.29) is 12.1 Å².